The summed E-state index contributed by atoms with van der Waals surface area (Å²) in [5.74, 6) is 0.454. The van der Waals surface area contributed by atoms with E-state index in [2.05, 4.69) is 10.0 Å². The molecule has 3 aromatic carbocycles. The number of hydrogen-bond acceptors (Lipinski definition) is 7. The van der Waals surface area contributed by atoms with Gasteiger partial charge in [0.25, 0.3) is 15.7 Å². The number of aromatic hydroxyl groups is 1. The Morgan fingerprint density at radius 1 is 1.09 bits per heavy atom. The number of sulfonamides is 1. The van der Waals surface area contributed by atoms with Gasteiger partial charge in [-0.2, -0.15) is 0 Å². The Labute approximate surface area is 202 Å². The highest BCUT2D eigenvalue weighted by atomic mass is 32.2. The summed E-state index contributed by atoms with van der Waals surface area (Å²) in [5, 5.41) is 25.2. The zero-order chi connectivity index (χ0) is 24.7. The average molecular weight is 494 g/mol. The molecule has 0 fully saturated rings. The van der Waals surface area contributed by atoms with Crippen LogP contribution in [0.3, 0.4) is 0 Å². The van der Waals surface area contributed by atoms with E-state index in [1.165, 1.54) is 31.4 Å². The van der Waals surface area contributed by atoms with E-state index >= 15 is 0 Å². The second-order valence-electron chi connectivity index (χ2n) is 8.56. The summed E-state index contributed by atoms with van der Waals surface area (Å²) in [6.07, 6.45) is 4.73. The lowest BCUT2D eigenvalue weighted by Crippen LogP contribution is -2.29. The Balaban J connectivity index is 1.48. The highest BCUT2D eigenvalue weighted by molar-refractivity contribution is 7.92. The van der Waals surface area contributed by atoms with E-state index in [-0.39, 0.29) is 34.2 Å². The zero-order valence-corrected chi connectivity index (χ0v) is 19.5. The van der Waals surface area contributed by atoms with Crippen LogP contribution < -0.4 is 14.8 Å². The number of benzene rings is 3. The molecular formula is C25H23N3O6S. The fourth-order valence-corrected chi connectivity index (χ4v) is 5.92. The zero-order valence-electron chi connectivity index (χ0n) is 18.7. The number of nitrogens with zero attached hydrogens (tertiary/aromatic N) is 1. The molecule has 180 valence electrons. The van der Waals surface area contributed by atoms with Gasteiger partial charge in [0, 0.05) is 35.0 Å². The summed E-state index contributed by atoms with van der Waals surface area (Å²) in [4.78, 5) is 10.9. The van der Waals surface area contributed by atoms with E-state index in [0.717, 1.165) is 11.3 Å². The Hall–Kier alpha value is -4.05. The summed E-state index contributed by atoms with van der Waals surface area (Å²) in [7, 11) is -2.30. The molecule has 10 heteroatoms. The molecule has 0 bridgehead atoms. The van der Waals surface area contributed by atoms with Gasteiger partial charge in [-0.3, -0.25) is 14.8 Å². The summed E-state index contributed by atoms with van der Waals surface area (Å²) in [6, 6.07) is 15.1. The number of nitrogens with one attached hydrogen (secondary N) is 2. The molecule has 3 atom stereocenters. The topological polar surface area (TPSA) is 131 Å². The van der Waals surface area contributed by atoms with Crippen molar-refractivity contribution >= 4 is 27.1 Å². The third-order valence-corrected chi connectivity index (χ3v) is 7.92. The maximum atomic E-state index is 13.1. The molecule has 1 aliphatic carbocycles. The lowest BCUT2D eigenvalue weighted by Gasteiger charge is -2.37. The number of phenols is 1. The largest absolute Gasteiger partial charge is 0.508 e. The van der Waals surface area contributed by atoms with Gasteiger partial charge in [-0.1, -0.05) is 12.2 Å². The number of nitro benzene ring substituents is 1. The third kappa shape index (κ3) is 4.17. The smallest absolute Gasteiger partial charge is 0.270 e. The van der Waals surface area contributed by atoms with E-state index in [9.17, 15) is 23.6 Å². The van der Waals surface area contributed by atoms with Crippen LogP contribution in [0, 0.1) is 16.0 Å². The van der Waals surface area contributed by atoms with Gasteiger partial charge < -0.3 is 15.2 Å². The third-order valence-electron chi connectivity index (χ3n) is 6.54. The van der Waals surface area contributed by atoms with Crippen molar-refractivity contribution in [1.29, 1.82) is 0 Å². The first-order chi connectivity index (χ1) is 16.8. The van der Waals surface area contributed by atoms with Gasteiger partial charge in [-0.25, -0.2) is 8.42 Å². The van der Waals surface area contributed by atoms with E-state index in [1.807, 2.05) is 12.2 Å². The Morgan fingerprint density at radius 2 is 1.86 bits per heavy atom. The molecular weight excluding hydrogens is 470 g/mol. The summed E-state index contributed by atoms with van der Waals surface area (Å²) in [5.41, 5.74) is 2.31. The molecule has 0 amide bonds. The van der Waals surface area contributed by atoms with Gasteiger partial charge in [0.2, 0.25) is 0 Å². The Kier molecular flexibility index (Phi) is 5.60. The number of fused-ring (bicyclic) bond motifs is 3. The maximum Gasteiger partial charge on any atom is 0.270 e. The minimum atomic E-state index is -3.84. The predicted octanol–water partition coefficient (Wildman–Crippen LogP) is 4.94. The Morgan fingerprint density at radius 3 is 2.57 bits per heavy atom. The molecule has 1 aliphatic heterocycles. The standard InChI is InChI=1S/C25H23N3O6S/c1-34-17-8-5-15(6-9-17)27-35(32,33)18-10-11-23-21(14-18)19-3-2-4-20(19)25(26-23)22-13-16(28(30)31)7-12-24(22)29/h2-3,5-14,19-20,25-27,29H,4H2,1H3. The number of non-ortho nitro benzene ring substituents is 1. The molecule has 35 heavy (non-hydrogen) atoms. The predicted molar refractivity (Wildman–Crippen MR) is 131 cm³/mol. The van der Waals surface area contributed by atoms with Crippen LogP contribution in [0.25, 0.3) is 0 Å². The first-order valence-corrected chi connectivity index (χ1v) is 12.5. The fourth-order valence-electron chi connectivity index (χ4n) is 4.83. The van der Waals surface area contributed by atoms with Crippen molar-refractivity contribution in [3.63, 3.8) is 0 Å². The van der Waals surface area contributed by atoms with E-state index in [1.54, 1.807) is 36.4 Å². The van der Waals surface area contributed by atoms with Crippen LogP contribution in [0.1, 0.15) is 29.5 Å². The summed E-state index contributed by atoms with van der Waals surface area (Å²) < 4.78 is 33.9. The van der Waals surface area contributed by atoms with Crippen LogP contribution >= 0.6 is 0 Å². The van der Waals surface area contributed by atoms with Crippen molar-refractivity contribution in [1.82, 2.24) is 0 Å². The van der Waals surface area contributed by atoms with Crippen molar-refractivity contribution in [2.24, 2.45) is 5.92 Å². The van der Waals surface area contributed by atoms with Gasteiger partial charge in [0.15, 0.2) is 0 Å². The van der Waals surface area contributed by atoms with Crippen LogP contribution in [0.15, 0.2) is 77.7 Å². The second kappa shape index (κ2) is 8.62. The molecule has 3 N–H and O–H groups in total. The highest BCUT2D eigenvalue weighted by Crippen LogP contribution is 2.51. The van der Waals surface area contributed by atoms with Crippen molar-refractivity contribution in [3.8, 4) is 11.5 Å². The first kappa shape index (κ1) is 22.7. The maximum absolute atomic E-state index is 13.1. The van der Waals surface area contributed by atoms with Crippen molar-refractivity contribution < 1.29 is 23.2 Å². The normalized spacial score (nSPS) is 20.4. The van der Waals surface area contributed by atoms with Crippen LogP contribution in [0.4, 0.5) is 17.1 Å². The second-order valence-corrected chi connectivity index (χ2v) is 10.2. The van der Waals surface area contributed by atoms with Crippen LogP contribution in [0.5, 0.6) is 11.5 Å². The SMILES string of the molecule is COc1ccc(NS(=O)(=O)c2ccc3c(c2)C2C=CCC2C(c2cc([N+](=O)[O-])ccc2O)N3)cc1. The minimum Gasteiger partial charge on any atom is -0.508 e. The van der Waals surface area contributed by atoms with Gasteiger partial charge >= 0.3 is 0 Å². The molecule has 2 aliphatic rings. The number of rotatable bonds is 6. The lowest BCUT2D eigenvalue weighted by molar-refractivity contribution is -0.385. The molecule has 3 aromatic rings. The number of methoxy groups -OCH3 is 1. The molecule has 0 radical (unpaired) electrons. The van der Waals surface area contributed by atoms with Gasteiger partial charge in [0.1, 0.15) is 11.5 Å². The molecule has 0 aromatic heterocycles. The number of hydrogen-bond donors (Lipinski definition) is 3. The molecule has 5 rings (SSSR count). The van der Waals surface area contributed by atoms with Crippen molar-refractivity contribution in [3.05, 3.63) is 94.1 Å². The molecule has 3 unspecified atom stereocenters. The number of ether oxygens (including phenoxy) is 1. The highest BCUT2D eigenvalue weighted by Gasteiger charge is 2.40. The van der Waals surface area contributed by atoms with Gasteiger partial charge in [-0.05, 0) is 66.4 Å². The molecule has 0 saturated carbocycles. The number of phenolic OH excluding ortho intramolecular Hbond substituents is 1. The summed E-state index contributed by atoms with van der Waals surface area (Å²) in [6.45, 7) is 0. The van der Waals surface area contributed by atoms with Gasteiger partial charge in [-0.15, -0.1) is 0 Å². The molecule has 1 heterocycles. The lowest BCUT2D eigenvalue weighted by atomic mass is 9.77. The summed E-state index contributed by atoms with van der Waals surface area (Å²) >= 11 is 0. The molecule has 0 spiro atoms. The van der Waals surface area contributed by atoms with Crippen molar-refractivity contribution in [2.75, 3.05) is 17.1 Å². The number of allylic oxidation sites excluding steroid dienone is 2. The quantitative estimate of drug-likeness (QED) is 0.252. The van der Waals surface area contributed by atoms with Crippen LogP contribution in [-0.4, -0.2) is 25.6 Å². The van der Waals surface area contributed by atoms with E-state index < -0.39 is 14.9 Å². The number of nitro groups is 1. The van der Waals surface area contributed by atoms with Crippen LogP contribution in [-0.2, 0) is 10.0 Å². The van der Waals surface area contributed by atoms with E-state index in [0.29, 0.717) is 23.4 Å². The van der Waals surface area contributed by atoms with Gasteiger partial charge in [0.05, 0.1) is 23.0 Å². The van der Waals surface area contributed by atoms with Crippen LogP contribution in [0.2, 0.25) is 0 Å². The Bertz CT molecular complexity index is 1440. The monoisotopic (exact) mass is 493 g/mol. The van der Waals surface area contributed by atoms with E-state index in [4.69, 9.17) is 4.74 Å². The molecule has 9 nitrogen and oxygen atoms in total. The fraction of sp³-hybridized carbons (Fsp3) is 0.200. The molecule has 0 saturated heterocycles. The number of anilines is 2. The minimum absolute atomic E-state index is 0.0231. The average Bonchev–Trinajstić information content (AvgIpc) is 3.34. The first-order valence-electron chi connectivity index (χ1n) is 11.0. The van der Waals surface area contributed by atoms with Crippen molar-refractivity contribution in [2.45, 2.75) is 23.3 Å².